The number of halogens is 1. The van der Waals surface area contributed by atoms with Gasteiger partial charge in [0.15, 0.2) is 0 Å². The monoisotopic (exact) mass is 410 g/mol. The number of ether oxygens (including phenoxy) is 2. The summed E-state index contributed by atoms with van der Waals surface area (Å²) in [5.74, 6) is 2.14. The standard InChI is InChI=1S/C22H34N2O3.ClH/c1-3-26-9-10-27-20-11-15(2)7-8-18(20)14-24-22(25)19-12-16-5-4-6-17(13-19)21(16)23;/h7-8,11,16-17,19,21H,3-6,9-10,12-14,23H2,1-2H3,(H,24,25);1H. The fraction of sp³-hybridized carbons (Fsp3) is 0.682. The Bertz CT molecular complexity index is 626. The lowest BCUT2D eigenvalue weighted by atomic mass is 9.65. The Kier molecular flexibility index (Phi) is 9.06. The van der Waals surface area contributed by atoms with Crippen molar-refractivity contribution in [1.82, 2.24) is 5.32 Å². The molecule has 0 aliphatic heterocycles. The second-order valence-corrected chi connectivity index (χ2v) is 8.07. The zero-order chi connectivity index (χ0) is 19.2. The molecule has 3 rings (SSSR count). The van der Waals surface area contributed by atoms with Gasteiger partial charge in [-0.15, -0.1) is 12.4 Å². The molecule has 0 aromatic heterocycles. The molecule has 2 saturated carbocycles. The first-order valence-corrected chi connectivity index (χ1v) is 10.4. The van der Waals surface area contributed by atoms with Crippen molar-refractivity contribution < 1.29 is 14.3 Å². The minimum absolute atomic E-state index is 0. The van der Waals surface area contributed by atoms with E-state index in [4.69, 9.17) is 15.2 Å². The summed E-state index contributed by atoms with van der Waals surface area (Å²) < 4.78 is 11.2. The van der Waals surface area contributed by atoms with Crippen LogP contribution in [0.2, 0.25) is 0 Å². The zero-order valence-corrected chi connectivity index (χ0v) is 17.9. The van der Waals surface area contributed by atoms with Crippen LogP contribution in [-0.2, 0) is 16.1 Å². The Morgan fingerprint density at radius 3 is 2.61 bits per heavy atom. The molecule has 0 spiro atoms. The predicted molar refractivity (Wildman–Crippen MR) is 114 cm³/mol. The van der Waals surface area contributed by atoms with Gasteiger partial charge in [0.2, 0.25) is 5.91 Å². The van der Waals surface area contributed by atoms with E-state index in [1.54, 1.807) is 0 Å². The lowest BCUT2D eigenvalue weighted by molar-refractivity contribution is -0.128. The van der Waals surface area contributed by atoms with E-state index in [0.29, 0.717) is 44.2 Å². The molecule has 5 nitrogen and oxygen atoms in total. The molecule has 0 heterocycles. The van der Waals surface area contributed by atoms with Crippen LogP contribution in [0.15, 0.2) is 18.2 Å². The van der Waals surface area contributed by atoms with Crippen LogP contribution in [0.25, 0.3) is 0 Å². The Morgan fingerprint density at radius 2 is 1.93 bits per heavy atom. The van der Waals surface area contributed by atoms with Crippen LogP contribution >= 0.6 is 12.4 Å². The highest BCUT2D eigenvalue weighted by atomic mass is 35.5. The van der Waals surface area contributed by atoms with Crippen molar-refractivity contribution in [2.45, 2.75) is 58.5 Å². The van der Waals surface area contributed by atoms with Crippen LogP contribution in [0.3, 0.4) is 0 Å². The number of fused-ring (bicyclic) bond motifs is 2. The Morgan fingerprint density at radius 1 is 1.21 bits per heavy atom. The minimum Gasteiger partial charge on any atom is -0.491 e. The molecular weight excluding hydrogens is 376 g/mol. The molecule has 0 radical (unpaired) electrons. The average Bonchev–Trinajstić information content (AvgIpc) is 2.64. The Labute approximate surface area is 175 Å². The van der Waals surface area contributed by atoms with E-state index in [9.17, 15) is 4.79 Å². The van der Waals surface area contributed by atoms with Gasteiger partial charge in [0, 0.05) is 30.7 Å². The van der Waals surface area contributed by atoms with Crippen molar-refractivity contribution in [3.8, 4) is 5.75 Å². The van der Waals surface area contributed by atoms with Gasteiger partial charge in [-0.05, 0) is 63.0 Å². The summed E-state index contributed by atoms with van der Waals surface area (Å²) in [5, 5.41) is 3.14. The van der Waals surface area contributed by atoms with Crippen LogP contribution in [0.4, 0.5) is 0 Å². The smallest absolute Gasteiger partial charge is 0.223 e. The fourth-order valence-corrected chi connectivity index (χ4v) is 4.63. The molecule has 2 bridgehead atoms. The van der Waals surface area contributed by atoms with Crippen molar-refractivity contribution >= 4 is 18.3 Å². The van der Waals surface area contributed by atoms with E-state index in [-0.39, 0.29) is 24.2 Å². The van der Waals surface area contributed by atoms with E-state index < -0.39 is 0 Å². The van der Waals surface area contributed by atoms with Crippen LogP contribution in [0.1, 0.15) is 50.2 Å². The lowest BCUT2D eigenvalue weighted by Crippen LogP contribution is -2.49. The van der Waals surface area contributed by atoms with E-state index in [1.165, 1.54) is 19.3 Å². The molecule has 6 heteroatoms. The molecule has 2 aliphatic rings. The number of carbonyl (C=O) groups is 1. The first-order valence-electron chi connectivity index (χ1n) is 10.4. The predicted octanol–water partition coefficient (Wildman–Crippen LogP) is 3.60. The van der Waals surface area contributed by atoms with Gasteiger partial charge in [0.1, 0.15) is 12.4 Å². The van der Waals surface area contributed by atoms with Gasteiger partial charge < -0.3 is 20.5 Å². The Balaban J connectivity index is 0.00000280. The van der Waals surface area contributed by atoms with E-state index in [0.717, 1.165) is 29.7 Å². The summed E-state index contributed by atoms with van der Waals surface area (Å²) in [5.41, 5.74) is 8.51. The Hall–Kier alpha value is -1.30. The van der Waals surface area contributed by atoms with Gasteiger partial charge in [-0.2, -0.15) is 0 Å². The molecular formula is C22H35ClN2O3. The summed E-state index contributed by atoms with van der Waals surface area (Å²) in [6, 6.07) is 6.42. The number of rotatable bonds is 8. The van der Waals surface area contributed by atoms with Gasteiger partial charge in [-0.1, -0.05) is 18.6 Å². The number of carbonyl (C=O) groups excluding carboxylic acids is 1. The molecule has 1 amide bonds. The van der Waals surface area contributed by atoms with E-state index >= 15 is 0 Å². The summed E-state index contributed by atoms with van der Waals surface area (Å²) in [6.45, 7) is 6.29. The highest BCUT2D eigenvalue weighted by Gasteiger charge is 2.40. The first-order chi connectivity index (χ1) is 13.1. The third kappa shape index (κ3) is 5.85. The topological polar surface area (TPSA) is 73.6 Å². The second-order valence-electron chi connectivity index (χ2n) is 8.07. The van der Waals surface area contributed by atoms with Crippen molar-refractivity contribution in [2.75, 3.05) is 19.8 Å². The quantitative estimate of drug-likeness (QED) is 0.642. The van der Waals surface area contributed by atoms with E-state index in [1.807, 2.05) is 26.0 Å². The van der Waals surface area contributed by atoms with Gasteiger partial charge in [0.05, 0.1) is 6.61 Å². The van der Waals surface area contributed by atoms with Crippen LogP contribution in [0.5, 0.6) is 5.75 Å². The maximum atomic E-state index is 12.8. The summed E-state index contributed by atoms with van der Waals surface area (Å²) in [6.07, 6.45) is 5.50. The van der Waals surface area contributed by atoms with Gasteiger partial charge in [-0.25, -0.2) is 0 Å². The van der Waals surface area contributed by atoms with Crippen molar-refractivity contribution in [1.29, 1.82) is 0 Å². The third-order valence-corrected chi connectivity index (χ3v) is 6.15. The first kappa shape index (κ1) is 23.0. The number of aryl methyl sites for hydroxylation is 1. The number of nitrogens with two attached hydrogens (primary N) is 1. The molecule has 0 saturated heterocycles. The summed E-state index contributed by atoms with van der Waals surface area (Å²) >= 11 is 0. The number of benzene rings is 1. The van der Waals surface area contributed by atoms with E-state index in [2.05, 4.69) is 11.4 Å². The molecule has 158 valence electrons. The highest BCUT2D eigenvalue weighted by molar-refractivity contribution is 5.85. The molecule has 3 N–H and O–H groups in total. The maximum Gasteiger partial charge on any atom is 0.223 e. The third-order valence-electron chi connectivity index (χ3n) is 6.15. The SMILES string of the molecule is CCOCCOc1cc(C)ccc1CNC(=O)C1CC2CCCC(C1)C2N.Cl. The van der Waals surface area contributed by atoms with Crippen LogP contribution < -0.4 is 15.8 Å². The van der Waals surface area contributed by atoms with Gasteiger partial charge in [0.25, 0.3) is 0 Å². The number of amides is 1. The molecule has 1 aromatic rings. The number of nitrogens with one attached hydrogen (secondary N) is 1. The summed E-state index contributed by atoms with van der Waals surface area (Å²) in [4.78, 5) is 12.8. The second kappa shape index (κ2) is 11.0. The maximum absolute atomic E-state index is 12.8. The molecule has 1 aromatic carbocycles. The average molecular weight is 411 g/mol. The van der Waals surface area contributed by atoms with Gasteiger partial charge >= 0.3 is 0 Å². The molecule has 2 aliphatic carbocycles. The number of hydrogen-bond donors (Lipinski definition) is 2. The number of hydrogen-bond acceptors (Lipinski definition) is 4. The molecule has 2 fully saturated rings. The lowest BCUT2D eigenvalue weighted by Gasteiger charge is -2.43. The molecule has 28 heavy (non-hydrogen) atoms. The van der Waals surface area contributed by atoms with Crippen molar-refractivity contribution in [3.05, 3.63) is 29.3 Å². The molecule has 2 atom stereocenters. The summed E-state index contributed by atoms with van der Waals surface area (Å²) in [7, 11) is 0. The van der Waals surface area contributed by atoms with Crippen molar-refractivity contribution in [3.63, 3.8) is 0 Å². The van der Waals surface area contributed by atoms with Crippen LogP contribution in [0, 0.1) is 24.7 Å². The largest absolute Gasteiger partial charge is 0.491 e. The minimum atomic E-state index is 0. The highest BCUT2D eigenvalue weighted by Crippen LogP contribution is 2.41. The van der Waals surface area contributed by atoms with Crippen LogP contribution in [-0.4, -0.2) is 31.8 Å². The molecule has 2 unspecified atom stereocenters. The fourth-order valence-electron chi connectivity index (χ4n) is 4.63. The van der Waals surface area contributed by atoms with Crippen molar-refractivity contribution in [2.24, 2.45) is 23.5 Å². The zero-order valence-electron chi connectivity index (χ0n) is 17.1. The normalized spacial score (nSPS) is 26.2. The van der Waals surface area contributed by atoms with Gasteiger partial charge in [-0.3, -0.25) is 4.79 Å².